The maximum Gasteiger partial charge on any atom is 0.193 e. The van der Waals surface area contributed by atoms with E-state index in [0.717, 1.165) is 43.5 Å². The van der Waals surface area contributed by atoms with Crippen LogP contribution in [-0.2, 0) is 25.9 Å². The summed E-state index contributed by atoms with van der Waals surface area (Å²) in [6.07, 6.45) is 3.25. The fraction of sp³-hybridized carbons (Fsp3) is 0.533. The van der Waals surface area contributed by atoms with Gasteiger partial charge in [-0.15, -0.1) is 45.5 Å². The fourth-order valence-corrected chi connectivity index (χ4v) is 3.42. The molecule has 1 aliphatic heterocycles. The van der Waals surface area contributed by atoms with E-state index in [9.17, 15) is 0 Å². The summed E-state index contributed by atoms with van der Waals surface area (Å²) < 4.78 is 2.21. The third kappa shape index (κ3) is 4.43. The van der Waals surface area contributed by atoms with E-state index in [2.05, 4.69) is 54.5 Å². The van der Waals surface area contributed by atoms with Crippen molar-refractivity contribution < 1.29 is 0 Å². The minimum atomic E-state index is 0. The summed E-state index contributed by atoms with van der Waals surface area (Å²) in [5, 5.41) is 14.0. The molecule has 6 nitrogen and oxygen atoms in total. The Morgan fingerprint density at radius 3 is 3.09 bits per heavy atom. The molecule has 8 heteroatoms. The predicted octanol–water partition coefficient (Wildman–Crippen LogP) is 2.15. The standard InChI is InChI=1S/C15H22N6S.HI/c1-16-15(20(2)9-7-12-5-4-10-22-12)17-11-14-19-18-13-6-3-8-21(13)14;/h4-5,10H,3,6-9,11H2,1-2H3,(H,16,17);1H. The fourth-order valence-electron chi connectivity index (χ4n) is 2.72. The second kappa shape index (κ2) is 8.62. The van der Waals surface area contributed by atoms with Crippen LogP contribution in [0.25, 0.3) is 0 Å². The number of fused-ring (bicyclic) bond motifs is 1. The average molecular weight is 446 g/mol. The van der Waals surface area contributed by atoms with Gasteiger partial charge in [-0.2, -0.15) is 0 Å². The maximum atomic E-state index is 4.36. The van der Waals surface area contributed by atoms with E-state index in [-0.39, 0.29) is 24.0 Å². The van der Waals surface area contributed by atoms with Crippen LogP contribution in [0.3, 0.4) is 0 Å². The van der Waals surface area contributed by atoms with Crippen molar-refractivity contribution in [2.24, 2.45) is 4.99 Å². The van der Waals surface area contributed by atoms with Crippen LogP contribution >= 0.6 is 35.3 Å². The Bertz CT molecular complexity index is 636. The lowest BCUT2D eigenvalue weighted by Gasteiger charge is -2.21. The summed E-state index contributed by atoms with van der Waals surface area (Å²) in [4.78, 5) is 7.91. The predicted molar refractivity (Wildman–Crippen MR) is 105 cm³/mol. The van der Waals surface area contributed by atoms with Crippen molar-refractivity contribution >= 4 is 41.3 Å². The van der Waals surface area contributed by atoms with Crippen LogP contribution in [0.4, 0.5) is 0 Å². The van der Waals surface area contributed by atoms with Crippen LogP contribution in [0.5, 0.6) is 0 Å². The maximum absolute atomic E-state index is 4.36. The van der Waals surface area contributed by atoms with Crippen LogP contribution in [0.2, 0.25) is 0 Å². The quantitative estimate of drug-likeness (QED) is 0.435. The molecule has 0 amide bonds. The molecule has 126 valence electrons. The van der Waals surface area contributed by atoms with Gasteiger partial charge in [0, 0.05) is 38.5 Å². The Balaban J connectivity index is 0.00000192. The van der Waals surface area contributed by atoms with E-state index in [1.807, 2.05) is 7.05 Å². The Morgan fingerprint density at radius 2 is 2.35 bits per heavy atom. The van der Waals surface area contributed by atoms with Gasteiger partial charge in [-0.25, -0.2) is 0 Å². The second-order valence-corrected chi connectivity index (χ2v) is 6.47. The number of hydrogen-bond donors (Lipinski definition) is 1. The molecule has 3 heterocycles. The topological polar surface area (TPSA) is 58.3 Å². The third-order valence-electron chi connectivity index (χ3n) is 3.94. The number of hydrogen-bond acceptors (Lipinski definition) is 4. The molecular formula is C15H23IN6S. The molecule has 0 atom stereocenters. The van der Waals surface area contributed by atoms with Gasteiger partial charge >= 0.3 is 0 Å². The molecule has 0 aromatic carbocycles. The molecule has 0 fully saturated rings. The molecule has 0 saturated heterocycles. The van der Waals surface area contributed by atoms with Gasteiger partial charge in [-0.3, -0.25) is 4.99 Å². The zero-order valence-electron chi connectivity index (χ0n) is 13.5. The Kier molecular flexibility index (Phi) is 6.82. The van der Waals surface area contributed by atoms with Gasteiger partial charge in [0.05, 0.1) is 6.54 Å². The number of aromatic nitrogens is 3. The Labute approximate surface area is 158 Å². The van der Waals surface area contributed by atoms with Gasteiger partial charge in [0.1, 0.15) is 5.82 Å². The van der Waals surface area contributed by atoms with Gasteiger partial charge in [0.25, 0.3) is 0 Å². The van der Waals surface area contributed by atoms with Crippen molar-refractivity contribution in [3.63, 3.8) is 0 Å². The minimum absolute atomic E-state index is 0. The first-order chi connectivity index (χ1) is 10.8. The number of aryl methyl sites for hydroxylation is 1. The van der Waals surface area contributed by atoms with Crippen molar-refractivity contribution in [2.75, 3.05) is 20.6 Å². The van der Waals surface area contributed by atoms with Gasteiger partial charge in [0.2, 0.25) is 0 Å². The average Bonchev–Trinajstić information content (AvgIpc) is 3.24. The van der Waals surface area contributed by atoms with E-state index in [0.29, 0.717) is 6.54 Å². The molecule has 2 aromatic heterocycles. The van der Waals surface area contributed by atoms with Crippen LogP contribution in [-0.4, -0.2) is 46.3 Å². The third-order valence-corrected chi connectivity index (χ3v) is 4.87. The van der Waals surface area contributed by atoms with Crippen molar-refractivity contribution in [1.82, 2.24) is 25.0 Å². The highest BCUT2D eigenvalue weighted by Gasteiger charge is 2.17. The van der Waals surface area contributed by atoms with E-state index in [1.165, 1.54) is 11.3 Å². The molecule has 1 N–H and O–H groups in total. The highest BCUT2D eigenvalue weighted by Crippen LogP contribution is 2.13. The molecule has 0 saturated carbocycles. The molecule has 0 radical (unpaired) electrons. The number of nitrogens with zero attached hydrogens (tertiary/aromatic N) is 5. The van der Waals surface area contributed by atoms with Crippen LogP contribution in [0, 0.1) is 0 Å². The van der Waals surface area contributed by atoms with E-state index >= 15 is 0 Å². The van der Waals surface area contributed by atoms with Gasteiger partial charge < -0.3 is 14.8 Å². The van der Waals surface area contributed by atoms with E-state index in [4.69, 9.17) is 0 Å². The van der Waals surface area contributed by atoms with Crippen molar-refractivity contribution in [3.05, 3.63) is 34.0 Å². The largest absolute Gasteiger partial charge is 0.349 e. The highest BCUT2D eigenvalue weighted by atomic mass is 127. The Morgan fingerprint density at radius 1 is 1.48 bits per heavy atom. The molecule has 0 bridgehead atoms. The summed E-state index contributed by atoms with van der Waals surface area (Å²) in [5.41, 5.74) is 0. The van der Waals surface area contributed by atoms with Crippen molar-refractivity contribution in [2.45, 2.75) is 32.4 Å². The molecule has 0 aliphatic carbocycles. The van der Waals surface area contributed by atoms with Crippen molar-refractivity contribution in [3.8, 4) is 0 Å². The first kappa shape index (κ1) is 18.2. The second-order valence-electron chi connectivity index (χ2n) is 5.44. The summed E-state index contributed by atoms with van der Waals surface area (Å²) in [5.74, 6) is 3.00. The number of nitrogens with one attached hydrogen (secondary N) is 1. The monoisotopic (exact) mass is 446 g/mol. The minimum Gasteiger partial charge on any atom is -0.349 e. The smallest absolute Gasteiger partial charge is 0.193 e. The molecule has 0 spiro atoms. The van der Waals surface area contributed by atoms with Crippen LogP contribution in [0.1, 0.15) is 22.9 Å². The lowest BCUT2D eigenvalue weighted by Crippen LogP contribution is -2.39. The summed E-state index contributed by atoms with van der Waals surface area (Å²) in [7, 11) is 3.88. The number of rotatable bonds is 5. The first-order valence-corrected chi connectivity index (χ1v) is 8.51. The van der Waals surface area contributed by atoms with Gasteiger partial charge in [0.15, 0.2) is 11.8 Å². The normalized spacial score (nSPS) is 13.6. The zero-order chi connectivity index (χ0) is 15.4. The molecule has 2 aromatic rings. The number of guanidine groups is 1. The number of likely N-dealkylation sites (N-methyl/N-ethyl adjacent to an activating group) is 1. The number of halogens is 1. The lowest BCUT2D eigenvalue weighted by atomic mass is 10.3. The van der Waals surface area contributed by atoms with Crippen LogP contribution < -0.4 is 5.32 Å². The molecule has 3 rings (SSSR count). The zero-order valence-corrected chi connectivity index (χ0v) is 16.7. The number of aliphatic imine (C=N–C) groups is 1. The van der Waals surface area contributed by atoms with Crippen molar-refractivity contribution in [1.29, 1.82) is 0 Å². The van der Waals surface area contributed by atoms with Gasteiger partial charge in [-0.1, -0.05) is 6.07 Å². The summed E-state index contributed by atoms with van der Waals surface area (Å²) >= 11 is 1.80. The number of thiophene rings is 1. The van der Waals surface area contributed by atoms with E-state index < -0.39 is 0 Å². The SMILES string of the molecule is CN=C(NCc1nnc2n1CCC2)N(C)CCc1cccs1.I. The molecule has 0 unspecified atom stereocenters. The van der Waals surface area contributed by atoms with Gasteiger partial charge in [-0.05, 0) is 24.3 Å². The first-order valence-electron chi connectivity index (χ1n) is 7.63. The summed E-state index contributed by atoms with van der Waals surface area (Å²) in [6, 6.07) is 4.27. The molecule has 23 heavy (non-hydrogen) atoms. The highest BCUT2D eigenvalue weighted by molar-refractivity contribution is 14.0. The Hall–Kier alpha value is -1.16. The summed E-state index contributed by atoms with van der Waals surface area (Å²) in [6.45, 7) is 2.65. The van der Waals surface area contributed by atoms with Crippen LogP contribution in [0.15, 0.2) is 22.5 Å². The lowest BCUT2D eigenvalue weighted by molar-refractivity contribution is 0.483. The molecule has 1 aliphatic rings. The van der Waals surface area contributed by atoms with E-state index in [1.54, 1.807) is 11.3 Å². The molecular weight excluding hydrogens is 423 g/mol.